The van der Waals surface area contributed by atoms with Crippen molar-refractivity contribution in [2.45, 2.75) is 11.1 Å². The van der Waals surface area contributed by atoms with E-state index in [1.54, 1.807) is 0 Å². The average molecular weight is 222 g/mol. The first-order valence-electron chi connectivity index (χ1n) is 3.95. The van der Waals surface area contributed by atoms with E-state index >= 15 is 0 Å². The molecule has 0 fully saturated rings. The zero-order valence-electron chi connectivity index (χ0n) is 7.21. The molecule has 0 saturated heterocycles. The van der Waals surface area contributed by atoms with E-state index in [1.165, 1.54) is 23.9 Å². The zero-order valence-corrected chi connectivity index (χ0v) is 8.03. The van der Waals surface area contributed by atoms with Gasteiger partial charge in [0.2, 0.25) is 0 Å². The van der Waals surface area contributed by atoms with Crippen molar-refractivity contribution < 1.29 is 18.3 Å². The summed E-state index contributed by atoms with van der Waals surface area (Å²) in [6, 6.07) is 4.89. The lowest BCUT2D eigenvalue weighted by Crippen LogP contribution is -2.03. The summed E-state index contributed by atoms with van der Waals surface area (Å²) in [7, 11) is 0. The van der Waals surface area contributed by atoms with Crippen molar-refractivity contribution in [1.82, 2.24) is 0 Å². The number of benzene rings is 1. The predicted molar refractivity (Wildman–Crippen MR) is 49.3 cm³/mol. The minimum absolute atomic E-state index is 0.0195. The first-order valence-corrected chi connectivity index (χ1v) is 4.93. The van der Waals surface area contributed by atoms with Crippen LogP contribution in [0.1, 0.15) is 5.56 Å². The maximum absolute atomic E-state index is 12.1. The minimum atomic E-state index is -4.28. The summed E-state index contributed by atoms with van der Waals surface area (Å²) in [5.41, 5.74) is -0.647. The lowest BCUT2D eigenvalue weighted by molar-refractivity contribution is -0.137. The van der Waals surface area contributed by atoms with Gasteiger partial charge in [-0.2, -0.15) is 13.2 Å². The molecule has 0 atom stereocenters. The van der Waals surface area contributed by atoms with E-state index in [-0.39, 0.29) is 6.61 Å². The zero-order chi connectivity index (χ0) is 10.6. The molecule has 0 aromatic heterocycles. The van der Waals surface area contributed by atoms with Crippen molar-refractivity contribution in [3.05, 3.63) is 29.8 Å². The molecule has 0 unspecified atom stereocenters. The second kappa shape index (κ2) is 4.70. The van der Waals surface area contributed by atoms with Crippen LogP contribution in [-0.4, -0.2) is 17.5 Å². The summed E-state index contributed by atoms with van der Waals surface area (Å²) in [5.74, 6) is 0.491. The van der Waals surface area contributed by atoms with E-state index in [4.69, 9.17) is 5.11 Å². The van der Waals surface area contributed by atoms with Gasteiger partial charge in [-0.15, -0.1) is 11.8 Å². The van der Waals surface area contributed by atoms with Gasteiger partial charge in [0.1, 0.15) is 0 Å². The molecule has 0 heterocycles. The predicted octanol–water partition coefficient (Wildman–Crippen LogP) is 2.79. The molecule has 1 rings (SSSR count). The van der Waals surface area contributed by atoms with E-state index in [0.29, 0.717) is 5.75 Å². The van der Waals surface area contributed by atoms with Gasteiger partial charge in [0.15, 0.2) is 0 Å². The lowest BCUT2D eigenvalue weighted by atomic mass is 10.2. The number of rotatable bonds is 3. The molecule has 5 heteroatoms. The SMILES string of the molecule is OCCSc1ccc(C(F)(F)F)cc1. The van der Waals surface area contributed by atoms with E-state index in [0.717, 1.165) is 17.0 Å². The van der Waals surface area contributed by atoms with Gasteiger partial charge in [0.25, 0.3) is 0 Å². The highest BCUT2D eigenvalue weighted by Gasteiger charge is 2.29. The Labute approximate surface area is 83.9 Å². The summed E-state index contributed by atoms with van der Waals surface area (Å²) >= 11 is 1.32. The molecule has 0 aliphatic heterocycles. The molecular formula is C9H9F3OS. The molecule has 0 saturated carbocycles. The first kappa shape index (κ1) is 11.4. The molecule has 0 spiro atoms. The van der Waals surface area contributed by atoms with Crippen LogP contribution in [0.25, 0.3) is 0 Å². The molecule has 1 N–H and O–H groups in total. The number of thioether (sulfide) groups is 1. The van der Waals surface area contributed by atoms with Crippen LogP contribution in [0, 0.1) is 0 Å². The molecule has 0 aliphatic carbocycles. The molecule has 1 aromatic rings. The maximum Gasteiger partial charge on any atom is 0.416 e. The van der Waals surface area contributed by atoms with Crippen molar-refractivity contribution in [1.29, 1.82) is 0 Å². The normalized spacial score (nSPS) is 11.7. The highest BCUT2D eigenvalue weighted by molar-refractivity contribution is 7.99. The molecule has 1 aromatic carbocycles. The Bertz CT molecular complexity index is 281. The third-order valence-electron chi connectivity index (χ3n) is 1.54. The Balaban J connectivity index is 2.69. The summed E-state index contributed by atoms with van der Waals surface area (Å²) in [5, 5.41) is 8.51. The second-order valence-electron chi connectivity index (χ2n) is 2.59. The topological polar surface area (TPSA) is 20.2 Å². The third-order valence-corrected chi connectivity index (χ3v) is 2.53. The molecule has 0 amide bonds. The third kappa shape index (κ3) is 3.23. The fourth-order valence-corrected chi connectivity index (χ4v) is 1.56. The highest BCUT2D eigenvalue weighted by Crippen LogP contribution is 2.30. The number of aliphatic hydroxyl groups is 1. The Morgan fingerprint density at radius 2 is 1.71 bits per heavy atom. The number of alkyl halides is 3. The quantitative estimate of drug-likeness (QED) is 0.793. The largest absolute Gasteiger partial charge is 0.416 e. The Hall–Kier alpha value is -0.680. The van der Waals surface area contributed by atoms with E-state index in [1.807, 2.05) is 0 Å². The Morgan fingerprint density at radius 3 is 2.14 bits per heavy atom. The Kier molecular flexibility index (Phi) is 3.83. The molecule has 78 valence electrons. The minimum Gasteiger partial charge on any atom is -0.396 e. The summed E-state index contributed by atoms with van der Waals surface area (Å²) in [4.78, 5) is 0.729. The van der Waals surface area contributed by atoms with Gasteiger partial charge in [0.05, 0.1) is 12.2 Å². The monoisotopic (exact) mass is 222 g/mol. The lowest BCUT2D eigenvalue weighted by Gasteiger charge is -2.06. The second-order valence-corrected chi connectivity index (χ2v) is 3.76. The van der Waals surface area contributed by atoms with Crippen LogP contribution >= 0.6 is 11.8 Å². The number of halogens is 3. The van der Waals surface area contributed by atoms with Crippen molar-refractivity contribution in [3.63, 3.8) is 0 Å². The van der Waals surface area contributed by atoms with Crippen LogP contribution < -0.4 is 0 Å². The molecule has 14 heavy (non-hydrogen) atoms. The molecule has 0 radical (unpaired) electrons. The summed E-state index contributed by atoms with van der Waals surface area (Å²) < 4.78 is 36.4. The van der Waals surface area contributed by atoms with Gasteiger partial charge < -0.3 is 5.11 Å². The van der Waals surface area contributed by atoms with Crippen LogP contribution in [0.15, 0.2) is 29.2 Å². The van der Waals surface area contributed by atoms with Crippen molar-refractivity contribution in [3.8, 4) is 0 Å². The van der Waals surface area contributed by atoms with Crippen LogP contribution in [-0.2, 0) is 6.18 Å². The summed E-state index contributed by atoms with van der Waals surface area (Å²) in [6.45, 7) is 0.0195. The smallest absolute Gasteiger partial charge is 0.396 e. The molecular weight excluding hydrogens is 213 g/mol. The van der Waals surface area contributed by atoms with Crippen LogP contribution in [0.5, 0.6) is 0 Å². The van der Waals surface area contributed by atoms with E-state index in [2.05, 4.69) is 0 Å². The van der Waals surface area contributed by atoms with Gasteiger partial charge in [-0.05, 0) is 24.3 Å². The Morgan fingerprint density at radius 1 is 1.14 bits per heavy atom. The van der Waals surface area contributed by atoms with Gasteiger partial charge in [-0.25, -0.2) is 0 Å². The highest BCUT2D eigenvalue weighted by atomic mass is 32.2. The maximum atomic E-state index is 12.1. The average Bonchev–Trinajstić information content (AvgIpc) is 2.14. The van der Waals surface area contributed by atoms with Crippen LogP contribution in [0.2, 0.25) is 0 Å². The van der Waals surface area contributed by atoms with Gasteiger partial charge >= 0.3 is 6.18 Å². The number of hydrogen-bond donors (Lipinski definition) is 1. The van der Waals surface area contributed by atoms with Gasteiger partial charge in [-0.3, -0.25) is 0 Å². The summed E-state index contributed by atoms with van der Waals surface area (Å²) in [6.07, 6.45) is -4.28. The number of aliphatic hydroxyl groups excluding tert-OH is 1. The number of hydrogen-bond acceptors (Lipinski definition) is 2. The molecule has 0 aliphatic rings. The standard InChI is InChI=1S/C9H9F3OS/c10-9(11,12)7-1-3-8(4-2-7)14-6-5-13/h1-4,13H,5-6H2. The van der Waals surface area contributed by atoms with Gasteiger partial charge in [0, 0.05) is 10.6 Å². The first-order chi connectivity index (χ1) is 6.54. The van der Waals surface area contributed by atoms with Crippen LogP contribution in [0.4, 0.5) is 13.2 Å². The van der Waals surface area contributed by atoms with Crippen molar-refractivity contribution in [2.24, 2.45) is 0 Å². The van der Waals surface area contributed by atoms with Gasteiger partial charge in [-0.1, -0.05) is 0 Å². The van der Waals surface area contributed by atoms with Crippen molar-refractivity contribution in [2.75, 3.05) is 12.4 Å². The van der Waals surface area contributed by atoms with E-state index in [9.17, 15) is 13.2 Å². The van der Waals surface area contributed by atoms with Crippen LogP contribution in [0.3, 0.4) is 0 Å². The molecule has 0 bridgehead atoms. The fraction of sp³-hybridized carbons (Fsp3) is 0.333. The molecule has 1 nitrogen and oxygen atoms in total. The van der Waals surface area contributed by atoms with E-state index < -0.39 is 11.7 Å². The van der Waals surface area contributed by atoms with Crippen molar-refractivity contribution >= 4 is 11.8 Å². The fourth-order valence-electron chi connectivity index (χ4n) is 0.904.